The van der Waals surface area contributed by atoms with Crippen molar-refractivity contribution in [2.24, 2.45) is 45.8 Å². The average Bonchev–Trinajstić information content (AvgIpc) is 2.81. The van der Waals surface area contributed by atoms with Gasteiger partial charge < -0.3 is 9.84 Å². The van der Waals surface area contributed by atoms with E-state index in [2.05, 4.69) is 74.5 Å². The third-order valence-electron chi connectivity index (χ3n) is 8.58. The Labute approximate surface area is 180 Å². The molecule has 0 amide bonds. The number of hydrogen-bond acceptors (Lipinski definition) is 2. The molecule has 0 aromatic rings. The summed E-state index contributed by atoms with van der Waals surface area (Å²) < 4.78 is 6.76. The maximum atomic E-state index is 11.4. The molecule has 7 unspecified atom stereocenters. The van der Waals surface area contributed by atoms with Gasteiger partial charge in [0.15, 0.2) is 6.29 Å². The molecule has 0 spiro atoms. The minimum atomic E-state index is -0.717. The van der Waals surface area contributed by atoms with Crippen LogP contribution >= 0.6 is 0 Å². The molecule has 0 aliphatic heterocycles. The van der Waals surface area contributed by atoms with Gasteiger partial charge in [-0.1, -0.05) is 60.6 Å². The van der Waals surface area contributed by atoms with E-state index in [-0.39, 0.29) is 27.8 Å². The molecule has 0 heterocycles. The first-order valence-corrected chi connectivity index (χ1v) is 12.2. The first-order chi connectivity index (χ1) is 13.1. The molecule has 3 aliphatic carbocycles. The maximum Gasteiger partial charge on any atom is 0.158 e. The monoisotopic (exact) mass is 404 g/mol. The highest BCUT2D eigenvalue weighted by molar-refractivity contribution is 5.13. The summed E-state index contributed by atoms with van der Waals surface area (Å²) in [5.74, 6) is 3.04. The Morgan fingerprint density at radius 3 is 2.21 bits per heavy atom. The molecule has 3 bridgehead atoms. The van der Waals surface area contributed by atoms with Crippen molar-refractivity contribution in [3.63, 3.8) is 0 Å². The second-order valence-corrected chi connectivity index (χ2v) is 13.7. The van der Waals surface area contributed by atoms with E-state index >= 15 is 0 Å². The largest absolute Gasteiger partial charge is 0.368 e. The van der Waals surface area contributed by atoms with Crippen LogP contribution in [-0.4, -0.2) is 17.0 Å². The molecule has 0 aromatic heterocycles. The molecule has 7 atom stereocenters. The van der Waals surface area contributed by atoms with Crippen molar-refractivity contribution in [3.8, 4) is 0 Å². The lowest BCUT2D eigenvalue weighted by molar-refractivity contribution is -0.259. The number of fused-ring (bicyclic) bond motifs is 2. The predicted octanol–water partition coefficient (Wildman–Crippen LogP) is 7.22. The van der Waals surface area contributed by atoms with Gasteiger partial charge in [-0.25, -0.2) is 0 Å². The van der Waals surface area contributed by atoms with Crippen LogP contribution in [0.25, 0.3) is 0 Å². The minimum absolute atomic E-state index is 0.00801. The first kappa shape index (κ1) is 23.3. The van der Waals surface area contributed by atoms with E-state index in [0.29, 0.717) is 5.92 Å². The Kier molecular flexibility index (Phi) is 6.16. The molecule has 2 nitrogen and oxygen atoms in total. The molecule has 2 heteroatoms. The van der Waals surface area contributed by atoms with Gasteiger partial charge in [-0.2, -0.15) is 0 Å². The lowest BCUT2D eigenvalue weighted by Crippen LogP contribution is -2.53. The fraction of sp³-hybridized carbons (Fsp3) is 0.926. The number of allylic oxidation sites excluding steroid dienone is 2. The van der Waals surface area contributed by atoms with E-state index in [1.807, 2.05) is 0 Å². The topological polar surface area (TPSA) is 29.5 Å². The van der Waals surface area contributed by atoms with Gasteiger partial charge in [0, 0.05) is 11.3 Å². The Balaban J connectivity index is 1.88. The molecule has 29 heavy (non-hydrogen) atoms. The van der Waals surface area contributed by atoms with Crippen LogP contribution in [0.5, 0.6) is 0 Å². The molecular formula is C27H48O2. The molecular weight excluding hydrogens is 356 g/mol. The summed E-state index contributed by atoms with van der Waals surface area (Å²) in [6.45, 7) is 20.5. The van der Waals surface area contributed by atoms with E-state index in [0.717, 1.165) is 24.2 Å². The van der Waals surface area contributed by atoms with Crippen LogP contribution in [0, 0.1) is 45.8 Å². The zero-order valence-corrected chi connectivity index (χ0v) is 20.7. The Bertz CT molecular complexity index is 605. The SMILES string of the molecule is CC1C=CC2CC3CC(C2)C(C(C)(C)OC(O)C(CC(C)(C)C)C(C)(C)C)(C1)C3. The standard InChI is InChI=1S/C27H48O2/c1-18-10-11-19-12-20-14-21(13-19)27(15-18,16-20)26(8,9)29-23(28)22(25(5,6)7)17-24(2,3)4/h10-11,18-23,28H,12-17H2,1-9H3. The van der Waals surface area contributed by atoms with E-state index in [4.69, 9.17) is 4.74 Å². The van der Waals surface area contributed by atoms with Gasteiger partial charge in [0.25, 0.3) is 0 Å². The molecule has 1 N–H and O–H groups in total. The number of hydrogen-bond donors (Lipinski definition) is 1. The molecule has 2 fully saturated rings. The van der Waals surface area contributed by atoms with E-state index in [1.165, 1.54) is 32.1 Å². The van der Waals surface area contributed by atoms with Gasteiger partial charge in [0.1, 0.15) is 0 Å². The van der Waals surface area contributed by atoms with Crippen LogP contribution in [0.1, 0.15) is 101 Å². The van der Waals surface area contributed by atoms with E-state index in [1.54, 1.807) is 0 Å². The summed E-state index contributed by atoms with van der Waals surface area (Å²) in [6.07, 6.45) is 11.7. The highest BCUT2D eigenvalue weighted by atomic mass is 16.6. The molecule has 168 valence electrons. The van der Waals surface area contributed by atoms with Crippen molar-refractivity contribution >= 4 is 0 Å². The highest BCUT2D eigenvalue weighted by Gasteiger charge is 2.59. The van der Waals surface area contributed by atoms with Crippen molar-refractivity contribution < 1.29 is 9.84 Å². The lowest BCUT2D eigenvalue weighted by Gasteiger charge is -2.52. The van der Waals surface area contributed by atoms with Crippen molar-refractivity contribution in [2.45, 2.75) is 113 Å². The highest BCUT2D eigenvalue weighted by Crippen LogP contribution is 2.64. The van der Waals surface area contributed by atoms with Crippen LogP contribution in [0.3, 0.4) is 0 Å². The third kappa shape index (κ3) is 4.79. The summed E-state index contributed by atoms with van der Waals surface area (Å²) in [5, 5.41) is 11.4. The summed E-state index contributed by atoms with van der Waals surface area (Å²) >= 11 is 0. The summed E-state index contributed by atoms with van der Waals surface area (Å²) in [7, 11) is 0. The van der Waals surface area contributed by atoms with Crippen molar-refractivity contribution in [1.82, 2.24) is 0 Å². The molecule has 3 aliphatic rings. The zero-order valence-electron chi connectivity index (χ0n) is 20.7. The quantitative estimate of drug-likeness (QED) is 0.387. The van der Waals surface area contributed by atoms with Gasteiger partial charge in [-0.3, -0.25) is 0 Å². The smallest absolute Gasteiger partial charge is 0.158 e. The van der Waals surface area contributed by atoms with Gasteiger partial charge in [-0.15, -0.1) is 0 Å². The minimum Gasteiger partial charge on any atom is -0.368 e. The van der Waals surface area contributed by atoms with Crippen LogP contribution in [0.4, 0.5) is 0 Å². The lowest BCUT2D eigenvalue weighted by atomic mass is 9.60. The van der Waals surface area contributed by atoms with Gasteiger partial charge in [0.2, 0.25) is 0 Å². The summed E-state index contributed by atoms with van der Waals surface area (Å²) in [6, 6.07) is 0. The van der Waals surface area contributed by atoms with Crippen LogP contribution < -0.4 is 0 Å². The zero-order chi connectivity index (χ0) is 21.8. The first-order valence-electron chi connectivity index (χ1n) is 12.2. The molecule has 0 saturated heterocycles. The molecule has 0 radical (unpaired) electrons. The second-order valence-electron chi connectivity index (χ2n) is 13.7. The van der Waals surface area contributed by atoms with Crippen molar-refractivity contribution in [1.29, 1.82) is 0 Å². The molecule has 2 saturated carbocycles. The second kappa shape index (κ2) is 7.66. The average molecular weight is 405 g/mol. The summed E-state index contributed by atoms with van der Waals surface area (Å²) in [4.78, 5) is 0. The molecule has 3 rings (SSSR count). The Morgan fingerprint density at radius 1 is 0.966 bits per heavy atom. The van der Waals surface area contributed by atoms with Gasteiger partial charge >= 0.3 is 0 Å². The number of aliphatic hydroxyl groups is 1. The van der Waals surface area contributed by atoms with E-state index < -0.39 is 6.29 Å². The van der Waals surface area contributed by atoms with Crippen LogP contribution in [0.2, 0.25) is 0 Å². The van der Waals surface area contributed by atoms with Crippen molar-refractivity contribution in [3.05, 3.63) is 12.2 Å². The van der Waals surface area contributed by atoms with Crippen LogP contribution in [0.15, 0.2) is 12.2 Å². The Morgan fingerprint density at radius 2 is 1.62 bits per heavy atom. The van der Waals surface area contributed by atoms with Crippen LogP contribution in [-0.2, 0) is 4.74 Å². The normalized spacial score (nSPS) is 37.3. The Hall–Kier alpha value is -0.340. The van der Waals surface area contributed by atoms with Gasteiger partial charge in [-0.05, 0) is 86.9 Å². The van der Waals surface area contributed by atoms with E-state index in [9.17, 15) is 5.11 Å². The number of ether oxygens (including phenoxy) is 1. The fourth-order valence-corrected chi connectivity index (χ4v) is 7.16. The summed E-state index contributed by atoms with van der Waals surface area (Å²) in [5.41, 5.74) is 0.0404. The number of rotatable bonds is 5. The van der Waals surface area contributed by atoms with Crippen molar-refractivity contribution in [2.75, 3.05) is 0 Å². The predicted molar refractivity (Wildman–Crippen MR) is 122 cm³/mol. The van der Waals surface area contributed by atoms with Gasteiger partial charge in [0.05, 0.1) is 5.60 Å². The number of aliphatic hydroxyl groups excluding tert-OH is 1. The maximum absolute atomic E-state index is 11.4. The molecule has 0 aromatic carbocycles. The fourth-order valence-electron chi connectivity index (χ4n) is 7.16. The third-order valence-corrected chi connectivity index (χ3v) is 8.58.